The van der Waals surface area contributed by atoms with E-state index in [1.807, 2.05) is 0 Å². The number of hydrogen-bond acceptors (Lipinski definition) is 5. The Morgan fingerprint density at radius 1 is 1.20 bits per heavy atom. The number of ketones is 1. The molecule has 0 saturated carbocycles. The molecule has 3 heterocycles. The summed E-state index contributed by atoms with van der Waals surface area (Å²) in [6.07, 6.45) is 1.24. The minimum Gasteiger partial charge on any atom is -0.486 e. The number of nitrogens with zero attached hydrogens (tertiary/aromatic N) is 1. The van der Waals surface area contributed by atoms with Crippen LogP contribution >= 0.6 is 22.9 Å². The first-order chi connectivity index (χ1) is 11.9. The highest BCUT2D eigenvalue weighted by atomic mass is 35.5. The van der Waals surface area contributed by atoms with Crippen LogP contribution in [0.25, 0.3) is 0 Å². The van der Waals surface area contributed by atoms with E-state index in [4.69, 9.17) is 16.3 Å². The second-order valence-corrected chi connectivity index (χ2v) is 9.91. The quantitative estimate of drug-likeness (QED) is 0.776. The molecular formula is C17H16ClNO4S2. The van der Waals surface area contributed by atoms with E-state index in [-0.39, 0.29) is 12.2 Å². The van der Waals surface area contributed by atoms with Gasteiger partial charge in [0.15, 0.2) is 5.78 Å². The highest BCUT2D eigenvalue weighted by Crippen LogP contribution is 2.41. The Kier molecular flexibility index (Phi) is 4.15. The van der Waals surface area contributed by atoms with Gasteiger partial charge >= 0.3 is 0 Å². The first-order valence-corrected chi connectivity index (χ1v) is 10.6. The van der Waals surface area contributed by atoms with Crippen molar-refractivity contribution < 1.29 is 17.9 Å². The summed E-state index contributed by atoms with van der Waals surface area (Å²) in [5.74, 6) is 0.536. The number of halogens is 1. The normalized spacial score (nSPS) is 20.3. The monoisotopic (exact) mass is 397 g/mol. The molecule has 1 aromatic heterocycles. The van der Waals surface area contributed by atoms with Crippen LogP contribution in [0.5, 0.6) is 5.75 Å². The van der Waals surface area contributed by atoms with Gasteiger partial charge in [-0.15, -0.1) is 11.3 Å². The molecule has 0 aliphatic carbocycles. The van der Waals surface area contributed by atoms with Crippen LogP contribution in [0.2, 0.25) is 5.02 Å². The summed E-state index contributed by atoms with van der Waals surface area (Å²) >= 11 is 7.17. The number of Topliss-reactive ketones (excluding diaryl/α,β-unsaturated/α-hetero) is 1. The Bertz CT molecular complexity index is 916. The fourth-order valence-electron chi connectivity index (χ4n) is 3.42. The van der Waals surface area contributed by atoms with Crippen molar-refractivity contribution in [2.45, 2.75) is 29.1 Å². The van der Waals surface area contributed by atoms with E-state index in [9.17, 15) is 13.2 Å². The fraction of sp³-hybridized carbons (Fsp3) is 0.353. The van der Waals surface area contributed by atoms with Gasteiger partial charge in [0.05, 0.1) is 12.0 Å². The molecule has 25 heavy (non-hydrogen) atoms. The summed E-state index contributed by atoms with van der Waals surface area (Å²) < 4.78 is 33.2. The van der Waals surface area contributed by atoms with E-state index in [0.29, 0.717) is 46.5 Å². The molecule has 1 saturated heterocycles. The molecule has 2 aromatic rings. The summed E-state index contributed by atoms with van der Waals surface area (Å²) in [6.45, 7) is 0.687. The zero-order chi connectivity index (χ0) is 17.7. The molecule has 2 aliphatic heterocycles. The van der Waals surface area contributed by atoms with Crippen molar-refractivity contribution in [2.75, 3.05) is 13.1 Å². The first kappa shape index (κ1) is 17.0. The molecule has 2 aliphatic rings. The van der Waals surface area contributed by atoms with Gasteiger partial charge < -0.3 is 4.74 Å². The van der Waals surface area contributed by atoms with Crippen LogP contribution < -0.4 is 4.74 Å². The maximum Gasteiger partial charge on any atom is 0.252 e. The van der Waals surface area contributed by atoms with Crippen LogP contribution in [0, 0.1) is 0 Å². The highest BCUT2D eigenvalue weighted by molar-refractivity contribution is 7.91. The van der Waals surface area contributed by atoms with Gasteiger partial charge in [-0.2, -0.15) is 4.31 Å². The SMILES string of the molecule is O=C1CC2(CCN(S(=O)(=O)c3cccs3)CC2)Oc2ccc(Cl)cc21. The first-order valence-electron chi connectivity index (χ1n) is 7.95. The molecule has 1 spiro atoms. The summed E-state index contributed by atoms with van der Waals surface area (Å²) in [4.78, 5) is 12.5. The predicted octanol–water partition coefficient (Wildman–Crippen LogP) is 3.59. The minimum absolute atomic E-state index is 0.00156. The van der Waals surface area contributed by atoms with Gasteiger partial charge in [-0.25, -0.2) is 8.42 Å². The van der Waals surface area contributed by atoms with Crippen LogP contribution in [0.3, 0.4) is 0 Å². The maximum atomic E-state index is 12.6. The Balaban J connectivity index is 1.54. The van der Waals surface area contributed by atoms with E-state index >= 15 is 0 Å². The number of benzene rings is 1. The van der Waals surface area contributed by atoms with Crippen molar-refractivity contribution in [1.29, 1.82) is 0 Å². The number of fused-ring (bicyclic) bond motifs is 1. The Labute approximate surface area is 155 Å². The number of sulfonamides is 1. The number of carbonyl (C=O) groups is 1. The van der Waals surface area contributed by atoms with Crippen LogP contribution in [0.4, 0.5) is 0 Å². The molecule has 8 heteroatoms. The second-order valence-electron chi connectivity index (χ2n) is 6.36. The second kappa shape index (κ2) is 6.09. The molecule has 5 nitrogen and oxygen atoms in total. The molecule has 0 atom stereocenters. The van der Waals surface area contributed by atoms with Gasteiger partial charge in [-0.05, 0) is 29.6 Å². The summed E-state index contributed by atoms with van der Waals surface area (Å²) in [7, 11) is -3.46. The van der Waals surface area contributed by atoms with Crippen molar-refractivity contribution in [3.8, 4) is 5.75 Å². The zero-order valence-electron chi connectivity index (χ0n) is 13.3. The average molecular weight is 398 g/mol. The van der Waals surface area contributed by atoms with Gasteiger partial charge in [0.2, 0.25) is 0 Å². The van der Waals surface area contributed by atoms with Gasteiger partial charge in [0.25, 0.3) is 10.0 Å². The molecule has 0 unspecified atom stereocenters. The molecule has 132 valence electrons. The number of thiophene rings is 1. The van der Waals surface area contributed by atoms with Gasteiger partial charge in [0.1, 0.15) is 15.6 Å². The molecule has 4 rings (SSSR count). The third kappa shape index (κ3) is 2.99. The predicted molar refractivity (Wildman–Crippen MR) is 96.1 cm³/mol. The lowest BCUT2D eigenvalue weighted by Gasteiger charge is -2.43. The van der Waals surface area contributed by atoms with Crippen LogP contribution in [-0.2, 0) is 10.0 Å². The van der Waals surface area contributed by atoms with Gasteiger partial charge in [-0.1, -0.05) is 17.7 Å². The molecule has 1 fully saturated rings. The molecule has 0 amide bonds. The Morgan fingerprint density at radius 3 is 2.64 bits per heavy atom. The van der Waals surface area contributed by atoms with Gasteiger partial charge in [0, 0.05) is 31.0 Å². The number of carbonyl (C=O) groups excluding carboxylic acids is 1. The van der Waals surface area contributed by atoms with Crippen molar-refractivity contribution in [2.24, 2.45) is 0 Å². The number of rotatable bonds is 2. The lowest BCUT2D eigenvalue weighted by atomic mass is 9.83. The van der Waals surface area contributed by atoms with Crippen molar-refractivity contribution in [1.82, 2.24) is 4.31 Å². The third-order valence-corrected chi connectivity index (χ3v) is 8.28. The lowest BCUT2D eigenvalue weighted by molar-refractivity contribution is 0.00594. The summed E-state index contributed by atoms with van der Waals surface area (Å²) in [5.41, 5.74) is -0.119. The summed E-state index contributed by atoms with van der Waals surface area (Å²) in [5, 5.41) is 2.26. The Morgan fingerprint density at radius 2 is 1.96 bits per heavy atom. The third-order valence-electron chi connectivity index (χ3n) is 4.77. The lowest BCUT2D eigenvalue weighted by Crippen LogP contribution is -2.52. The average Bonchev–Trinajstić information content (AvgIpc) is 3.12. The molecule has 1 aromatic carbocycles. The van der Waals surface area contributed by atoms with Crippen LogP contribution in [0.1, 0.15) is 29.6 Å². The van der Waals surface area contributed by atoms with Gasteiger partial charge in [-0.3, -0.25) is 4.79 Å². The van der Waals surface area contributed by atoms with E-state index in [2.05, 4.69) is 0 Å². The van der Waals surface area contributed by atoms with Crippen LogP contribution in [0.15, 0.2) is 39.9 Å². The number of piperidine rings is 1. The molecule has 0 bridgehead atoms. The highest BCUT2D eigenvalue weighted by Gasteiger charge is 2.45. The molecular weight excluding hydrogens is 382 g/mol. The van der Waals surface area contributed by atoms with E-state index in [0.717, 1.165) is 0 Å². The maximum absolute atomic E-state index is 12.6. The number of hydrogen-bond donors (Lipinski definition) is 0. The molecule has 0 N–H and O–H groups in total. The van der Waals surface area contributed by atoms with E-state index in [1.54, 1.807) is 35.7 Å². The largest absolute Gasteiger partial charge is 0.486 e. The number of ether oxygens (including phenoxy) is 1. The topological polar surface area (TPSA) is 63.7 Å². The minimum atomic E-state index is -3.46. The van der Waals surface area contributed by atoms with Crippen molar-refractivity contribution in [3.63, 3.8) is 0 Å². The Hall–Kier alpha value is -1.41. The van der Waals surface area contributed by atoms with Crippen molar-refractivity contribution >= 4 is 38.7 Å². The van der Waals surface area contributed by atoms with Crippen molar-refractivity contribution in [3.05, 3.63) is 46.3 Å². The van der Waals surface area contributed by atoms with E-state index in [1.165, 1.54) is 15.6 Å². The standard InChI is InChI=1S/C17H16ClNO4S2/c18-12-3-4-15-13(10-12)14(20)11-17(23-15)5-7-19(8-6-17)25(21,22)16-2-1-9-24-16/h1-4,9-10H,5-8,11H2. The van der Waals surface area contributed by atoms with E-state index < -0.39 is 15.6 Å². The fourth-order valence-corrected chi connectivity index (χ4v) is 6.17. The molecule has 0 radical (unpaired) electrons. The zero-order valence-corrected chi connectivity index (χ0v) is 15.7. The smallest absolute Gasteiger partial charge is 0.252 e. The van der Waals surface area contributed by atoms with Crippen LogP contribution in [-0.4, -0.2) is 37.2 Å². The summed E-state index contributed by atoms with van der Waals surface area (Å²) in [6, 6.07) is 8.38.